The molecule has 0 aliphatic heterocycles. The quantitative estimate of drug-likeness (QED) is 0.790. The SMILES string of the molecule is CCC(CC)COc1ccc(Cl)cc1C(C)NC. The van der Waals surface area contributed by atoms with Gasteiger partial charge in [0.2, 0.25) is 0 Å². The normalized spacial score (nSPS) is 12.8. The van der Waals surface area contributed by atoms with Crippen molar-refractivity contribution in [3.05, 3.63) is 28.8 Å². The van der Waals surface area contributed by atoms with Crippen molar-refractivity contribution in [2.24, 2.45) is 5.92 Å². The van der Waals surface area contributed by atoms with E-state index in [1.54, 1.807) is 0 Å². The summed E-state index contributed by atoms with van der Waals surface area (Å²) in [5.74, 6) is 1.56. The highest BCUT2D eigenvalue weighted by molar-refractivity contribution is 6.30. The first kappa shape index (κ1) is 15.3. The van der Waals surface area contributed by atoms with E-state index in [1.165, 1.54) is 0 Å². The molecule has 3 heteroatoms. The van der Waals surface area contributed by atoms with Crippen molar-refractivity contribution in [2.75, 3.05) is 13.7 Å². The Bertz CT molecular complexity index is 364. The van der Waals surface area contributed by atoms with Gasteiger partial charge in [0.25, 0.3) is 0 Å². The largest absolute Gasteiger partial charge is 0.493 e. The number of rotatable bonds is 7. The van der Waals surface area contributed by atoms with Gasteiger partial charge in [-0.2, -0.15) is 0 Å². The molecule has 1 aromatic carbocycles. The van der Waals surface area contributed by atoms with Gasteiger partial charge in [-0.05, 0) is 38.1 Å². The maximum atomic E-state index is 6.05. The average Bonchev–Trinajstić information content (AvgIpc) is 2.40. The lowest BCUT2D eigenvalue weighted by molar-refractivity contribution is 0.237. The lowest BCUT2D eigenvalue weighted by Crippen LogP contribution is -2.16. The van der Waals surface area contributed by atoms with Crippen LogP contribution >= 0.6 is 11.6 Å². The maximum Gasteiger partial charge on any atom is 0.124 e. The van der Waals surface area contributed by atoms with Gasteiger partial charge in [-0.3, -0.25) is 0 Å². The summed E-state index contributed by atoms with van der Waals surface area (Å²) >= 11 is 6.05. The number of nitrogens with one attached hydrogen (secondary N) is 1. The zero-order valence-electron chi connectivity index (χ0n) is 11.8. The Balaban J connectivity index is 2.81. The van der Waals surface area contributed by atoms with Gasteiger partial charge in [-0.1, -0.05) is 38.3 Å². The van der Waals surface area contributed by atoms with Crippen molar-refractivity contribution >= 4 is 11.6 Å². The van der Waals surface area contributed by atoms with Gasteiger partial charge in [0.1, 0.15) is 5.75 Å². The number of ether oxygens (including phenoxy) is 1. The van der Waals surface area contributed by atoms with Gasteiger partial charge in [0, 0.05) is 16.6 Å². The Hall–Kier alpha value is -0.730. The Morgan fingerprint density at radius 1 is 1.28 bits per heavy atom. The Morgan fingerprint density at radius 2 is 1.94 bits per heavy atom. The van der Waals surface area contributed by atoms with Crippen LogP contribution in [0, 0.1) is 5.92 Å². The van der Waals surface area contributed by atoms with Gasteiger partial charge >= 0.3 is 0 Å². The fourth-order valence-electron chi connectivity index (χ4n) is 1.88. The van der Waals surface area contributed by atoms with Crippen LogP contribution in [0.5, 0.6) is 5.75 Å². The summed E-state index contributed by atoms with van der Waals surface area (Å²) in [5.41, 5.74) is 1.12. The lowest BCUT2D eigenvalue weighted by atomic mass is 10.0. The molecule has 0 aliphatic rings. The molecule has 0 heterocycles. The minimum absolute atomic E-state index is 0.236. The molecule has 0 amide bonds. The molecule has 0 saturated heterocycles. The predicted octanol–water partition coefficient (Wildman–Crippen LogP) is 4.44. The van der Waals surface area contributed by atoms with E-state index in [9.17, 15) is 0 Å². The average molecular weight is 270 g/mol. The molecule has 1 atom stereocenters. The van der Waals surface area contributed by atoms with Crippen LogP contribution in [0.2, 0.25) is 5.02 Å². The highest BCUT2D eigenvalue weighted by atomic mass is 35.5. The predicted molar refractivity (Wildman–Crippen MR) is 78.5 cm³/mol. The fourth-order valence-corrected chi connectivity index (χ4v) is 2.06. The van der Waals surface area contributed by atoms with Gasteiger partial charge in [-0.15, -0.1) is 0 Å². The number of hydrogen-bond donors (Lipinski definition) is 1. The van der Waals surface area contributed by atoms with Crippen molar-refractivity contribution in [3.63, 3.8) is 0 Å². The monoisotopic (exact) mass is 269 g/mol. The number of hydrogen-bond acceptors (Lipinski definition) is 2. The first-order valence-corrected chi connectivity index (χ1v) is 7.09. The molecule has 1 aromatic rings. The minimum Gasteiger partial charge on any atom is -0.493 e. The first-order valence-electron chi connectivity index (χ1n) is 6.71. The third-order valence-electron chi connectivity index (χ3n) is 3.50. The van der Waals surface area contributed by atoms with E-state index >= 15 is 0 Å². The molecule has 1 N–H and O–H groups in total. The van der Waals surface area contributed by atoms with E-state index < -0.39 is 0 Å². The van der Waals surface area contributed by atoms with Crippen LogP contribution < -0.4 is 10.1 Å². The van der Waals surface area contributed by atoms with Gasteiger partial charge < -0.3 is 10.1 Å². The standard InChI is InChI=1S/C15H24ClNO/c1-5-12(6-2)10-18-15-8-7-13(16)9-14(15)11(3)17-4/h7-9,11-12,17H,5-6,10H2,1-4H3. The Labute approximate surface area is 116 Å². The summed E-state index contributed by atoms with van der Waals surface area (Å²) < 4.78 is 5.96. The van der Waals surface area contributed by atoms with Crippen LogP contribution in [0.15, 0.2) is 18.2 Å². The van der Waals surface area contributed by atoms with E-state index in [-0.39, 0.29) is 6.04 Å². The van der Waals surface area contributed by atoms with Crippen molar-refractivity contribution in [1.82, 2.24) is 5.32 Å². The summed E-state index contributed by atoms with van der Waals surface area (Å²) in [6, 6.07) is 6.06. The van der Waals surface area contributed by atoms with E-state index in [0.29, 0.717) is 5.92 Å². The zero-order valence-corrected chi connectivity index (χ0v) is 12.6. The van der Waals surface area contributed by atoms with Crippen LogP contribution in [0.3, 0.4) is 0 Å². The zero-order chi connectivity index (χ0) is 13.5. The van der Waals surface area contributed by atoms with E-state index in [1.807, 2.05) is 25.2 Å². The first-order chi connectivity index (χ1) is 8.62. The van der Waals surface area contributed by atoms with Gasteiger partial charge in [0.15, 0.2) is 0 Å². The summed E-state index contributed by atoms with van der Waals surface area (Å²) in [4.78, 5) is 0. The smallest absolute Gasteiger partial charge is 0.124 e. The molecule has 1 unspecified atom stereocenters. The molecule has 0 fully saturated rings. The van der Waals surface area contributed by atoms with Crippen molar-refractivity contribution in [3.8, 4) is 5.75 Å². The summed E-state index contributed by atoms with van der Waals surface area (Å²) in [6.45, 7) is 7.29. The second-order valence-electron chi connectivity index (χ2n) is 4.69. The number of benzene rings is 1. The second-order valence-corrected chi connectivity index (χ2v) is 5.12. The van der Waals surface area contributed by atoms with Crippen LogP contribution in [-0.2, 0) is 0 Å². The topological polar surface area (TPSA) is 21.3 Å². The summed E-state index contributed by atoms with van der Waals surface area (Å²) in [5, 5.41) is 3.98. The molecular formula is C15H24ClNO. The van der Waals surface area contributed by atoms with E-state index in [4.69, 9.17) is 16.3 Å². The Morgan fingerprint density at radius 3 is 2.50 bits per heavy atom. The highest BCUT2D eigenvalue weighted by Crippen LogP contribution is 2.28. The van der Waals surface area contributed by atoms with Gasteiger partial charge in [-0.25, -0.2) is 0 Å². The third-order valence-corrected chi connectivity index (χ3v) is 3.74. The molecule has 102 valence electrons. The molecule has 0 bridgehead atoms. The molecule has 2 nitrogen and oxygen atoms in total. The number of halogens is 1. The third kappa shape index (κ3) is 4.18. The molecule has 0 aromatic heterocycles. The molecular weight excluding hydrogens is 246 g/mol. The molecule has 1 rings (SSSR count). The van der Waals surface area contributed by atoms with E-state index in [2.05, 4.69) is 26.1 Å². The Kier molecular flexibility index (Phi) is 6.51. The van der Waals surface area contributed by atoms with Crippen molar-refractivity contribution < 1.29 is 4.74 Å². The summed E-state index contributed by atoms with van der Waals surface area (Å²) in [7, 11) is 1.94. The van der Waals surface area contributed by atoms with Crippen LogP contribution in [0.4, 0.5) is 0 Å². The van der Waals surface area contributed by atoms with Crippen LogP contribution in [-0.4, -0.2) is 13.7 Å². The van der Waals surface area contributed by atoms with Crippen LogP contribution in [0.1, 0.15) is 45.2 Å². The molecule has 0 radical (unpaired) electrons. The van der Waals surface area contributed by atoms with Crippen LogP contribution in [0.25, 0.3) is 0 Å². The maximum absolute atomic E-state index is 6.05. The minimum atomic E-state index is 0.236. The van der Waals surface area contributed by atoms with Crippen molar-refractivity contribution in [2.45, 2.75) is 39.7 Å². The van der Waals surface area contributed by atoms with Crippen molar-refractivity contribution in [1.29, 1.82) is 0 Å². The summed E-state index contributed by atoms with van der Waals surface area (Å²) in [6.07, 6.45) is 2.31. The second kappa shape index (κ2) is 7.65. The molecule has 0 saturated carbocycles. The molecule has 0 spiro atoms. The molecule has 18 heavy (non-hydrogen) atoms. The fraction of sp³-hybridized carbons (Fsp3) is 0.600. The highest BCUT2D eigenvalue weighted by Gasteiger charge is 2.12. The molecule has 0 aliphatic carbocycles. The van der Waals surface area contributed by atoms with E-state index in [0.717, 1.165) is 35.8 Å². The lowest BCUT2D eigenvalue weighted by Gasteiger charge is -2.19. The van der Waals surface area contributed by atoms with Gasteiger partial charge in [0.05, 0.1) is 6.61 Å².